The number of hydrogen-bond acceptors (Lipinski definition) is 3. The number of likely N-dealkylation sites (tertiary alicyclic amines) is 1. The number of amides is 2. The molecule has 1 saturated heterocycles. The fourth-order valence-electron chi connectivity index (χ4n) is 3.86. The Morgan fingerprint density at radius 2 is 2.04 bits per heavy atom. The Hall–Kier alpha value is -1.56. The summed E-state index contributed by atoms with van der Waals surface area (Å²) in [7, 11) is 0. The molecule has 1 aromatic rings. The van der Waals surface area contributed by atoms with Gasteiger partial charge >= 0.3 is 6.03 Å². The number of carbonyl (C=O) groups is 1. The fraction of sp³-hybridized carbons (Fsp3) is 0.778. The molecule has 6 heteroatoms. The molecule has 134 valence electrons. The molecule has 6 nitrogen and oxygen atoms in total. The highest BCUT2D eigenvalue weighted by molar-refractivity contribution is 5.74. The average Bonchev–Trinajstić information content (AvgIpc) is 3.15. The Bertz CT molecular complexity index is 497. The van der Waals surface area contributed by atoms with Gasteiger partial charge < -0.3 is 19.5 Å². The van der Waals surface area contributed by atoms with Crippen molar-refractivity contribution >= 4 is 6.03 Å². The Kier molecular flexibility index (Phi) is 6.12. The Labute approximate surface area is 144 Å². The van der Waals surface area contributed by atoms with Gasteiger partial charge in [0.15, 0.2) is 0 Å². The first-order chi connectivity index (χ1) is 11.7. The van der Waals surface area contributed by atoms with E-state index in [1.54, 1.807) is 0 Å². The van der Waals surface area contributed by atoms with E-state index >= 15 is 0 Å². The van der Waals surface area contributed by atoms with Crippen molar-refractivity contribution in [2.75, 3.05) is 26.2 Å². The number of aromatic nitrogens is 2. The predicted octanol–water partition coefficient (Wildman–Crippen LogP) is 2.82. The number of piperidine rings is 1. The van der Waals surface area contributed by atoms with Gasteiger partial charge in [-0.3, -0.25) is 0 Å². The zero-order valence-corrected chi connectivity index (χ0v) is 14.7. The molecule has 0 unspecified atom stereocenters. The number of imidazole rings is 1. The highest BCUT2D eigenvalue weighted by atomic mass is 16.5. The van der Waals surface area contributed by atoms with Crippen LogP contribution in [0.1, 0.15) is 51.5 Å². The Balaban J connectivity index is 1.31. The van der Waals surface area contributed by atoms with E-state index in [4.69, 9.17) is 4.74 Å². The molecule has 2 heterocycles. The van der Waals surface area contributed by atoms with Crippen molar-refractivity contribution in [1.82, 2.24) is 19.8 Å². The van der Waals surface area contributed by atoms with Crippen LogP contribution in [0.25, 0.3) is 0 Å². The van der Waals surface area contributed by atoms with Gasteiger partial charge in [0.25, 0.3) is 0 Å². The van der Waals surface area contributed by atoms with Crippen molar-refractivity contribution in [2.24, 2.45) is 5.92 Å². The summed E-state index contributed by atoms with van der Waals surface area (Å²) in [5.41, 5.74) is 0. The number of nitrogens with zero attached hydrogens (tertiary/aromatic N) is 3. The van der Waals surface area contributed by atoms with Gasteiger partial charge in [-0.2, -0.15) is 0 Å². The fourth-order valence-corrected chi connectivity index (χ4v) is 3.86. The topological polar surface area (TPSA) is 59.4 Å². The SMILES string of the molecule is C[C@@H]1CCCC[C@H]1OCCNC(=O)N1CCC(n2ccnc2)CC1. The third kappa shape index (κ3) is 4.50. The molecule has 1 aliphatic heterocycles. The highest BCUT2D eigenvalue weighted by Gasteiger charge is 2.24. The maximum absolute atomic E-state index is 12.2. The van der Waals surface area contributed by atoms with Crippen LogP contribution in [-0.4, -0.2) is 52.8 Å². The smallest absolute Gasteiger partial charge is 0.317 e. The van der Waals surface area contributed by atoms with Crippen LogP contribution >= 0.6 is 0 Å². The van der Waals surface area contributed by atoms with Crippen molar-refractivity contribution in [3.8, 4) is 0 Å². The average molecular weight is 334 g/mol. The largest absolute Gasteiger partial charge is 0.376 e. The molecule has 1 N–H and O–H groups in total. The van der Waals surface area contributed by atoms with Crippen LogP contribution in [0.15, 0.2) is 18.7 Å². The summed E-state index contributed by atoms with van der Waals surface area (Å²) in [4.78, 5) is 18.3. The molecule has 0 aromatic carbocycles. The number of nitrogens with one attached hydrogen (secondary N) is 1. The lowest BCUT2D eigenvalue weighted by molar-refractivity contribution is -0.00278. The molecule has 2 fully saturated rings. The van der Waals surface area contributed by atoms with Crippen molar-refractivity contribution in [1.29, 1.82) is 0 Å². The lowest BCUT2D eigenvalue weighted by Crippen LogP contribution is -2.45. The first-order valence-electron chi connectivity index (χ1n) is 9.36. The molecule has 1 aliphatic carbocycles. The van der Waals surface area contributed by atoms with Crippen molar-refractivity contribution in [2.45, 2.75) is 57.6 Å². The van der Waals surface area contributed by atoms with Gasteiger partial charge in [-0.05, 0) is 31.6 Å². The van der Waals surface area contributed by atoms with Crippen molar-refractivity contribution < 1.29 is 9.53 Å². The monoisotopic (exact) mass is 334 g/mol. The Morgan fingerprint density at radius 3 is 2.75 bits per heavy atom. The molecular weight excluding hydrogens is 304 g/mol. The van der Waals surface area contributed by atoms with E-state index in [9.17, 15) is 4.79 Å². The lowest BCUT2D eigenvalue weighted by Gasteiger charge is -2.32. The molecule has 2 atom stereocenters. The zero-order valence-electron chi connectivity index (χ0n) is 14.7. The minimum atomic E-state index is 0.0411. The minimum absolute atomic E-state index is 0.0411. The maximum atomic E-state index is 12.2. The number of urea groups is 1. The first kappa shape index (κ1) is 17.3. The quantitative estimate of drug-likeness (QED) is 0.842. The van der Waals surface area contributed by atoms with E-state index in [-0.39, 0.29) is 6.03 Å². The van der Waals surface area contributed by atoms with Gasteiger partial charge in [0.1, 0.15) is 0 Å². The van der Waals surface area contributed by atoms with Crippen LogP contribution in [0.2, 0.25) is 0 Å². The van der Waals surface area contributed by atoms with Crippen LogP contribution in [-0.2, 0) is 4.74 Å². The molecule has 0 radical (unpaired) electrons. The first-order valence-corrected chi connectivity index (χ1v) is 9.36. The summed E-state index contributed by atoms with van der Waals surface area (Å²) < 4.78 is 8.10. The highest BCUT2D eigenvalue weighted by Crippen LogP contribution is 2.26. The maximum Gasteiger partial charge on any atom is 0.317 e. The Morgan fingerprint density at radius 1 is 1.25 bits per heavy atom. The van der Waals surface area contributed by atoms with E-state index < -0.39 is 0 Å². The van der Waals surface area contributed by atoms with Gasteiger partial charge in [0, 0.05) is 38.1 Å². The van der Waals surface area contributed by atoms with E-state index in [1.165, 1.54) is 19.3 Å². The molecule has 2 aliphatic rings. The molecule has 1 saturated carbocycles. The van der Waals surface area contributed by atoms with Gasteiger partial charge in [-0.15, -0.1) is 0 Å². The summed E-state index contributed by atoms with van der Waals surface area (Å²) in [5.74, 6) is 0.650. The second kappa shape index (κ2) is 8.51. The van der Waals surface area contributed by atoms with Crippen molar-refractivity contribution in [3.63, 3.8) is 0 Å². The van der Waals surface area contributed by atoms with E-state index in [0.717, 1.165) is 32.4 Å². The molecule has 0 spiro atoms. The van der Waals surface area contributed by atoms with Crippen LogP contribution < -0.4 is 5.32 Å². The summed E-state index contributed by atoms with van der Waals surface area (Å²) in [6.07, 6.45) is 13.1. The standard InChI is InChI=1S/C18H30N4O2/c1-15-4-2-3-5-17(15)24-13-9-20-18(23)21-10-6-16(7-11-21)22-12-8-19-14-22/h8,12,14-17H,2-7,9-11,13H2,1H3,(H,20,23)/t15-,17-/m1/s1. The molecule has 2 amide bonds. The molecular formula is C18H30N4O2. The third-order valence-corrected chi connectivity index (χ3v) is 5.44. The molecule has 3 rings (SSSR count). The molecule has 0 bridgehead atoms. The van der Waals surface area contributed by atoms with Gasteiger partial charge in [0.2, 0.25) is 0 Å². The summed E-state index contributed by atoms with van der Waals surface area (Å²) >= 11 is 0. The van der Waals surface area contributed by atoms with Crippen LogP contribution in [0, 0.1) is 5.92 Å². The van der Waals surface area contributed by atoms with Crippen molar-refractivity contribution in [3.05, 3.63) is 18.7 Å². The van der Waals surface area contributed by atoms with Gasteiger partial charge in [-0.25, -0.2) is 9.78 Å². The summed E-state index contributed by atoms with van der Waals surface area (Å²) in [5, 5.41) is 3.00. The van der Waals surface area contributed by atoms with Crippen LogP contribution in [0.5, 0.6) is 0 Å². The van der Waals surface area contributed by atoms with E-state index in [0.29, 0.717) is 31.2 Å². The summed E-state index contributed by atoms with van der Waals surface area (Å²) in [6, 6.07) is 0.507. The molecule has 1 aromatic heterocycles. The van der Waals surface area contributed by atoms with E-state index in [1.807, 2.05) is 23.6 Å². The summed E-state index contributed by atoms with van der Waals surface area (Å²) in [6.45, 7) is 5.09. The zero-order chi connectivity index (χ0) is 16.8. The number of carbonyl (C=O) groups excluding carboxylic acids is 1. The molecule has 24 heavy (non-hydrogen) atoms. The normalized spacial score (nSPS) is 25.6. The number of ether oxygens (including phenoxy) is 1. The van der Waals surface area contributed by atoms with Gasteiger partial charge in [0.05, 0.1) is 19.0 Å². The van der Waals surface area contributed by atoms with Gasteiger partial charge in [-0.1, -0.05) is 19.8 Å². The third-order valence-electron chi connectivity index (χ3n) is 5.44. The number of rotatable bonds is 5. The number of hydrogen-bond donors (Lipinski definition) is 1. The van der Waals surface area contributed by atoms with Crippen LogP contribution in [0.3, 0.4) is 0 Å². The van der Waals surface area contributed by atoms with E-state index in [2.05, 4.69) is 21.8 Å². The van der Waals surface area contributed by atoms with Crippen LogP contribution in [0.4, 0.5) is 4.79 Å². The minimum Gasteiger partial charge on any atom is -0.376 e. The predicted molar refractivity (Wildman–Crippen MR) is 92.8 cm³/mol. The second-order valence-electron chi connectivity index (χ2n) is 7.13. The second-order valence-corrected chi connectivity index (χ2v) is 7.13. The lowest BCUT2D eigenvalue weighted by atomic mass is 9.88.